The number of aromatic nitrogens is 3. The number of amides is 1. The summed E-state index contributed by atoms with van der Waals surface area (Å²) >= 11 is 5.95. The van der Waals surface area contributed by atoms with Crippen LogP contribution in [0.3, 0.4) is 0 Å². The summed E-state index contributed by atoms with van der Waals surface area (Å²) in [7, 11) is 0. The van der Waals surface area contributed by atoms with Gasteiger partial charge in [-0.15, -0.1) is 5.10 Å². The molecule has 1 aromatic carbocycles. The third kappa shape index (κ3) is 3.05. The van der Waals surface area contributed by atoms with Crippen molar-refractivity contribution in [1.82, 2.24) is 19.9 Å². The number of hydrogen-bond donors (Lipinski definition) is 1. The van der Waals surface area contributed by atoms with E-state index < -0.39 is 11.9 Å². The zero-order chi connectivity index (χ0) is 16.6. The van der Waals surface area contributed by atoms with Gasteiger partial charge in [0.05, 0.1) is 17.3 Å². The molecule has 8 heteroatoms. The largest absolute Gasteiger partial charge is 0.481 e. The van der Waals surface area contributed by atoms with Crippen LogP contribution in [0.5, 0.6) is 0 Å². The van der Waals surface area contributed by atoms with Crippen LogP contribution in [0, 0.1) is 12.8 Å². The molecular formula is C15H15ClN4O3. The summed E-state index contributed by atoms with van der Waals surface area (Å²) in [5, 5.41) is 18.1. The lowest BCUT2D eigenvalue weighted by Crippen LogP contribution is -2.30. The smallest absolute Gasteiger partial charge is 0.308 e. The molecule has 0 bridgehead atoms. The molecule has 0 radical (unpaired) electrons. The van der Waals surface area contributed by atoms with Gasteiger partial charge in [0.1, 0.15) is 0 Å². The Labute approximate surface area is 137 Å². The van der Waals surface area contributed by atoms with Crippen LogP contribution >= 0.6 is 11.6 Å². The standard InChI is InChI=1S/C15H15ClN4O3/c1-9-13(14(21)19-6-5-10(8-19)15(22)23)18-20(17-9)12-4-2-3-11(16)7-12/h2-4,7,10H,5-6,8H2,1H3,(H,22,23). The number of benzene rings is 1. The Morgan fingerprint density at radius 2 is 2.13 bits per heavy atom. The summed E-state index contributed by atoms with van der Waals surface area (Å²) in [5.41, 5.74) is 1.38. The summed E-state index contributed by atoms with van der Waals surface area (Å²) in [5.74, 6) is -1.68. The molecule has 23 heavy (non-hydrogen) atoms. The van der Waals surface area contributed by atoms with E-state index in [9.17, 15) is 9.59 Å². The van der Waals surface area contributed by atoms with Gasteiger partial charge >= 0.3 is 5.97 Å². The first-order chi connectivity index (χ1) is 11.0. The normalized spacial score (nSPS) is 17.5. The van der Waals surface area contributed by atoms with Gasteiger partial charge in [-0.05, 0) is 31.5 Å². The van der Waals surface area contributed by atoms with E-state index in [1.165, 1.54) is 9.70 Å². The minimum absolute atomic E-state index is 0.206. The average Bonchev–Trinajstić information content (AvgIpc) is 3.13. The number of likely N-dealkylation sites (tertiary alicyclic amines) is 1. The quantitative estimate of drug-likeness (QED) is 0.924. The van der Waals surface area contributed by atoms with Crippen LogP contribution in [0.1, 0.15) is 22.6 Å². The minimum Gasteiger partial charge on any atom is -0.481 e. The first-order valence-electron chi connectivity index (χ1n) is 7.17. The number of hydrogen-bond acceptors (Lipinski definition) is 4. The molecule has 0 saturated carbocycles. The van der Waals surface area contributed by atoms with E-state index in [-0.39, 0.29) is 18.1 Å². The van der Waals surface area contributed by atoms with Crippen LogP contribution in [0.15, 0.2) is 24.3 Å². The Bertz CT molecular complexity index is 774. The third-order valence-corrected chi connectivity index (χ3v) is 4.08. The maximum absolute atomic E-state index is 12.5. The predicted molar refractivity (Wildman–Crippen MR) is 82.8 cm³/mol. The van der Waals surface area contributed by atoms with Crippen molar-refractivity contribution < 1.29 is 14.7 Å². The Balaban J connectivity index is 1.84. The van der Waals surface area contributed by atoms with E-state index in [4.69, 9.17) is 16.7 Å². The summed E-state index contributed by atoms with van der Waals surface area (Å²) < 4.78 is 0. The molecule has 3 rings (SSSR count). The molecule has 0 aliphatic carbocycles. The summed E-state index contributed by atoms with van der Waals surface area (Å²) in [6, 6.07) is 7.00. The number of rotatable bonds is 3. The van der Waals surface area contributed by atoms with Crippen molar-refractivity contribution in [3.8, 4) is 5.69 Å². The molecule has 1 amide bonds. The van der Waals surface area contributed by atoms with Crippen molar-refractivity contribution >= 4 is 23.5 Å². The van der Waals surface area contributed by atoms with Gasteiger partial charge in [-0.3, -0.25) is 9.59 Å². The molecule has 2 aromatic rings. The van der Waals surface area contributed by atoms with Crippen molar-refractivity contribution in [2.75, 3.05) is 13.1 Å². The van der Waals surface area contributed by atoms with Gasteiger partial charge in [0.25, 0.3) is 5.91 Å². The molecule has 1 atom stereocenters. The Morgan fingerprint density at radius 3 is 2.78 bits per heavy atom. The molecule has 7 nitrogen and oxygen atoms in total. The maximum atomic E-state index is 12.5. The van der Waals surface area contributed by atoms with Crippen LogP contribution in [0.4, 0.5) is 0 Å². The zero-order valence-electron chi connectivity index (χ0n) is 12.4. The van der Waals surface area contributed by atoms with E-state index in [0.29, 0.717) is 29.4 Å². The highest BCUT2D eigenvalue weighted by atomic mass is 35.5. The van der Waals surface area contributed by atoms with Crippen LogP contribution in [0.2, 0.25) is 5.02 Å². The van der Waals surface area contributed by atoms with E-state index in [2.05, 4.69) is 10.2 Å². The molecule has 1 fully saturated rings. The van der Waals surface area contributed by atoms with E-state index >= 15 is 0 Å². The maximum Gasteiger partial charge on any atom is 0.308 e. The highest BCUT2D eigenvalue weighted by molar-refractivity contribution is 6.30. The second kappa shape index (κ2) is 6.00. The summed E-state index contributed by atoms with van der Waals surface area (Å²) in [6.45, 7) is 2.32. The topological polar surface area (TPSA) is 88.3 Å². The summed E-state index contributed by atoms with van der Waals surface area (Å²) in [4.78, 5) is 26.4. The second-order valence-electron chi connectivity index (χ2n) is 5.48. The number of carbonyl (C=O) groups is 2. The monoisotopic (exact) mass is 334 g/mol. The van der Waals surface area contributed by atoms with Gasteiger partial charge < -0.3 is 10.0 Å². The Hall–Kier alpha value is -2.41. The van der Waals surface area contributed by atoms with Gasteiger partial charge in [0, 0.05) is 18.1 Å². The fourth-order valence-corrected chi connectivity index (χ4v) is 2.77. The third-order valence-electron chi connectivity index (χ3n) is 3.85. The predicted octanol–water partition coefficient (Wildman–Crippen LogP) is 1.78. The molecule has 1 aliphatic rings. The number of aryl methyl sites for hydroxylation is 1. The van der Waals surface area contributed by atoms with E-state index in [0.717, 1.165) is 0 Å². The lowest BCUT2D eigenvalue weighted by molar-refractivity contribution is -0.141. The molecular weight excluding hydrogens is 320 g/mol. The molecule has 120 valence electrons. The van der Waals surface area contributed by atoms with Crippen molar-refractivity contribution in [2.24, 2.45) is 5.92 Å². The van der Waals surface area contributed by atoms with Crippen LogP contribution in [-0.2, 0) is 4.79 Å². The van der Waals surface area contributed by atoms with Gasteiger partial charge in [-0.25, -0.2) is 0 Å². The van der Waals surface area contributed by atoms with Gasteiger partial charge in [0.15, 0.2) is 5.69 Å². The Kier molecular flexibility index (Phi) is 4.04. The molecule has 1 N–H and O–H groups in total. The molecule has 2 heterocycles. The van der Waals surface area contributed by atoms with E-state index in [1.807, 2.05) is 0 Å². The summed E-state index contributed by atoms with van der Waals surface area (Å²) in [6.07, 6.45) is 0.461. The fourth-order valence-electron chi connectivity index (χ4n) is 2.59. The number of carboxylic acid groups (broad SMARTS) is 1. The molecule has 0 spiro atoms. The molecule has 1 aromatic heterocycles. The number of halogens is 1. The average molecular weight is 335 g/mol. The zero-order valence-corrected chi connectivity index (χ0v) is 13.2. The van der Waals surface area contributed by atoms with Crippen molar-refractivity contribution in [1.29, 1.82) is 0 Å². The second-order valence-corrected chi connectivity index (χ2v) is 5.91. The number of nitrogens with zero attached hydrogens (tertiary/aromatic N) is 4. The highest BCUT2D eigenvalue weighted by Crippen LogP contribution is 2.20. The number of carbonyl (C=O) groups excluding carboxylic acids is 1. The minimum atomic E-state index is -0.875. The Morgan fingerprint density at radius 1 is 1.35 bits per heavy atom. The first-order valence-corrected chi connectivity index (χ1v) is 7.55. The SMILES string of the molecule is Cc1nn(-c2cccc(Cl)c2)nc1C(=O)N1CCC(C(=O)O)C1. The first kappa shape index (κ1) is 15.5. The highest BCUT2D eigenvalue weighted by Gasteiger charge is 2.33. The van der Waals surface area contributed by atoms with E-state index in [1.54, 1.807) is 31.2 Å². The molecule has 1 aliphatic heterocycles. The lowest BCUT2D eigenvalue weighted by Gasteiger charge is -2.14. The number of aliphatic carboxylic acids is 1. The number of carboxylic acids is 1. The van der Waals surface area contributed by atoms with Crippen molar-refractivity contribution in [2.45, 2.75) is 13.3 Å². The van der Waals surface area contributed by atoms with Gasteiger partial charge in [0.2, 0.25) is 0 Å². The van der Waals surface area contributed by atoms with Crippen molar-refractivity contribution in [3.63, 3.8) is 0 Å². The lowest BCUT2D eigenvalue weighted by atomic mass is 10.1. The van der Waals surface area contributed by atoms with Crippen LogP contribution in [0.25, 0.3) is 5.69 Å². The van der Waals surface area contributed by atoms with Crippen molar-refractivity contribution in [3.05, 3.63) is 40.7 Å². The van der Waals surface area contributed by atoms with Crippen LogP contribution in [-0.4, -0.2) is 50.0 Å². The fraction of sp³-hybridized carbons (Fsp3) is 0.333. The molecule has 1 saturated heterocycles. The van der Waals surface area contributed by atoms with Gasteiger partial charge in [-0.2, -0.15) is 9.90 Å². The molecule has 1 unspecified atom stereocenters. The van der Waals surface area contributed by atoms with Gasteiger partial charge in [-0.1, -0.05) is 17.7 Å². The van der Waals surface area contributed by atoms with Crippen LogP contribution < -0.4 is 0 Å².